The lowest BCUT2D eigenvalue weighted by Gasteiger charge is -2.07. The molecule has 0 fully saturated rings. The summed E-state index contributed by atoms with van der Waals surface area (Å²) in [5.74, 6) is -0.202. The summed E-state index contributed by atoms with van der Waals surface area (Å²) in [5, 5.41) is 4.71. The van der Waals surface area contributed by atoms with E-state index in [2.05, 4.69) is 15.1 Å². The summed E-state index contributed by atoms with van der Waals surface area (Å²) in [7, 11) is -2.26. The normalized spacial score (nSPS) is 12.9. The number of hydrogen-bond donors (Lipinski definition) is 0. The van der Waals surface area contributed by atoms with E-state index in [4.69, 9.17) is 11.6 Å². The second kappa shape index (κ2) is 6.42. The molecule has 0 N–H and O–H groups in total. The van der Waals surface area contributed by atoms with Crippen LogP contribution in [0.3, 0.4) is 0 Å². The zero-order valence-corrected chi connectivity index (χ0v) is 16.6. The smallest absolute Gasteiger partial charge is 0.296 e. The van der Waals surface area contributed by atoms with Crippen LogP contribution in [0, 0.1) is 0 Å². The maximum atomic E-state index is 13.0. The summed E-state index contributed by atoms with van der Waals surface area (Å²) in [4.78, 5) is 8.02. The fourth-order valence-corrected chi connectivity index (χ4v) is 4.40. The highest BCUT2D eigenvalue weighted by Gasteiger charge is 2.32. The van der Waals surface area contributed by atoms with Gasteiger partial charge in [0.2, 0.25) is 5.95 Å². The second-order valence-corrected chi connectivity index (χ2v) is 8.89. The number of hydrogen-bond acceptors (Lipinski definition) is 5. The average molecular weight is 444 g/mol. The molecule has 0 aliphatic heterocycles. The second-order valence-electron chi connectivity index (χ2n) is 6.29. The fraction of sp³-hybridized carbons (Fsp3) is 0.235. The number of pyridine rings is 1. The Hall–Kier alpha value is -2.66. The van der Waals surface area contributed by atoms with E-state index in [1.165, 1.54) is 18.5 Å². The van der Waals surface area contributed by atoms with Crippen LogP contribution >= 0.6 is 11.6 Å². The number of alkyl halides is 3. The zero-order chi connectivity index (χ0) is 21.1. The van der Waals surface area contributed by atoms with E-state index in [-0.39, 0.29) is 38.4 Å². The Balaban J connectivity index is 2.07. The first-order valence-electron chi connectivity index (χ1n) is 8.34. The van der Waals surface area contributed by atoms with E-state index in [0.717, 1.165) is 10.7 Å². The first kappa shape index (κ1) is 19.6. The molecule has 0 spiro atoms. The SMILES string of the molecule is CCS(=O)(=O)c1c2cccc(Cl)c2nn1-c1nc2cc(C(F)(F)F)cnc2n1C. The third-order valence-electron chi connectivity index (χ3n) is 4.49. The highest BCUT2D eigenvalue weighted by Crippen LogP contribution is 2.33. The molecule has 0 bridgehead atoms. The Kier molecular flexibility index (Phi) is 4.35. The van der Waals surface area contributed by atoms with Crippen LogP contribution in [0.5, 0.6) is 0 Å². The zero-order valence-electron chi connectivity index (χ0n) is 15.1. The number of sulfone groups is 1. The van der Waals surface area contributed by atoms with Gasteiger partial charge in [-0.2, -0.15) is 23.0 Å². The Labute approximate surface area is 167 Å². The number of imidazole rings is 1. The van der Waals surface area contributed by atoms with Gasteiger partial charge in [0.15, 0.2) is 20.5 Å². The van der Waals surface area contributed by atoms with Crippen molar-refractivity contribution in [3.05, 3.63) is 41.0 Å². The van der Waals surface area contributed by atoms with E-state index in [1.54, 1.807) is 18.2 Å². The van der Waals surface area contributed by atoms with Crippen LogP contribution in [-0.4, -0.2) is 38.5 Å². The number of aryl methyl sites for hydroxylation is 1. The van der Waals surface area contributed by atoms with E-state index in [1.807, 2.05) is 0 Å². The van der Waals surface area contributed by atoms with Crippen LogP contribution in [0.1, 0.15) is 12.5 Å². The maximum absolute atomic E-state index is 13.0. The molecule has 0 saturated heterocycles. The minimum atomic E-state index is -4.58. The predicted molar refractivity (Wildman–Crippen MR) is 101 cm³/mol. The fourth-order valence-electron chi connectivity index (χ4n) is 3.03. The molecule has 3 aromatic heterocycles. The molecule has 0 amide bonds. The number of halogens is 4. The molecule has 3 heterocycles. The molecule has 0 unspecified atom stereocenters. The van der Waals surface area contributed by atoms with Gasteiger partial charge in [0.1, 0.15) is 11.0 Å². The Morgan fingerprint density at radius 2 is 1.97 bits per heavy atom. The summed E-state index contributed by atoms with van der Waals surface area (Å²) in [5.41, 5.74) is -0.594. The van der Waals surface area contributed by atoms with Crippen molar-refractivity contribution >= 4 is 43.5 Å². The first-order chi connectivity index (χ1) is 13.5. The Bertz CT molecular complexity index is 1380. The van der Waals surface area contributed by atoms with E-state index in [0.29, 0.717) is 11.6 Å². The summed E-state index contributed by atoms with van der Waals surface area (Å²) in [6.07, 6.45) is -3.88. The lowest BCUT2D eigenvalue weighted by atomic mass is 10.2. The average Bonchev–Trinajstić information content (AvgIpc) is 3.20. The van der Waals surface area contributed by atoms with Crippen molar-refractivity contribution in [3.8, 4) is 5.95 Å². The molecule has 4 aromatic rings. The van der Waals surface area contributed by atoms with Crippen molar-refractivity contribution in [3.63, 3.8) is 0 Å². The molecular formula is C17H13ClF3N5O2S. The molecule has 0 atom stereocenters. The number of nitrogens with zero attached hydrogens (tertiary/aromatic N) is 5. The molecule has 0 radical (unpaired) electrons. The van der Waals surface area contributed by atoms with E-state index < -0.39 is 21.6 Å². The van der Waals surface area contributed by atoms with Crippen molar-refractivity contribution in [2.45, 2.75) is 18.1 Å². The minimum absolute atomic E-state index is 0.00566. The van der Waals surface area contributed by atoms with Crippen molar-refractivity contribution in [1.29, 1.82) is 0 Å². The third kappa shape index (κ3) is 3.04. The van der Waals surface area contributed by atoms with Gasteiger partial charge < -0.3 is 0 Å². The number of benzene rings is 1. The Morgan fingerprint density at radius 1 is 1.24 bits per heavy atom. The molecule has 0 aliphatic carbocycles. The molecule has 0 aliphatic rings. The molecule has 4 rings (SSSR count). The van der Waals surface area contributed by atoms with Gasteiger partial charge in [0.25, 0.3) is 0 Å². The molecule has 29 heavy (non-hydrogen) atoms. The van der Waals surface area contributed by atoms with Crippen LogP contribution in [0.2, 0.25) is 5.02 Å². The lowest BCUT2D eigenvalue weighted by molar-refractivity contribution is -0.137. The molecule has 1 aromatic carbocycles. The van der Waals surface area contributed by atoms with E-state index in [9.17, 15) is 21.6 Å². The summed E-state index contributed by atoms with van der Waals surface area (Å²) in [6.45, 7) is 1.48. The number of aromatic nitrogens is 5. The summed E-state index contributed by atoms with van der Waals surface area (Å²) >= 11 is 6.18. The topological polar surface area (TPSA) is 82.7 Å². The highest BCUT2D eigenvalue weighted by atomic mass is 35.5. The van der Waals surface area contributed by atoms with Gasteiger partial charge >= 0.3 is 6.18 Å². The minimum Gasteiger partial charge on any atom is -0.296 e. The predicted octanol–water partition coefficient (Wildman–Crippen LogP) is 3.77. The van der Waals surface area contributed by atoms with Crippen LogP contribution in [-0.2, 0) is 23.1 Å². The quantitative estimate of drug-likeness (QED) is 0.481. The van der Waals surface area contributed by atoms with Gasteiger partial charge in [0.05, 0.1) is 16.3 Å². The maximum Gasteiger partial charge on any atom is 0.417 e. The van der Waals surface area contributed by atoms with Crippen LogP contribution in [0.25, 0.3) is 28.0 Å². The van der Waals surface area contributed by atoms with E-state index >= 15 is 0 Å². The van der Waals surface area contributed by atoms with Gasteiger partial charge in [-0.05, 0) is 18.2 Å². The van der Waals surface area contributed by atoms with Gasteiger partial charge in [0, 0.05) is 18.6 Å². The molecule has 0 saturated carbocycles. The van der Waals surface area contributed by atoms with Crippen LogP contribution in [0.15, 0.2) is 35.5 Å². The monoisotopic (exact) mass is 443 g/mol. The molecule has 7 nitrogen and oxygen atoms in total. The Morgan fingerprint density at radius 3 is 2.62 bits per heavy atom. The number of fused-ring (bicyclic) bond motifs is 2. The summed E-state index contributed by atoms with van der Waals surface area (Å²) in [6, 6.07) is 5.58. The van der Waals surface area contributed by atoms with Gasteiger partial charge in [-0.3, -0.25) is 4.57 Å². The van der Waals surface area contributed by atoms with Gasteiger partial charge in [-0.1, -0.05) is 24.6 Å². The van der Waals surface area contributed by atoms with Gasteiger partial charge in [-0.15, -0.1) is 0 Å². The largest absolute Gasteiger partial charge is 0.417 e. The van der Waals surface area contributed by atoms with Crippen LogP contribution < -0.4 is 0 Å². The summed E-state index contributed by atoms with van der Waals surface area (Å²) < 4.78 is 67.1. The molecule has 152 valence electrons. The van der Waals surface area contributed by atoms with Crippen molar-refractivity contribution in [2.24, 2.45) is 7.05 Å². The third-order valence-corrected chi connectivity index (χ3v) is 6.53. The van der Waals surface area contributed by atoms with Crippen LogP contribution in [0.4, 0.5) is 13.2 Å². The first-order valence-corrected chi connectivity index (χ1v) is 10.4. The van der Waals surface area contributed by atoms with Crippen molar-refractivity contribution in [1.82, 2.24) is 24.3 Å². The van der Waals surface area contributed by atoms with Crippen molar-refractivity contribution < 1.29 is 21.6 Å². The molecule has 12 heteroatoms. The van der Waals surface area contributed by atoms with Crippen molar-refractivity contribution in [2.75, 3.05) is 5.75 Å². The molecular weight excluding hydrogens is 431 g/mol. The lowest BCUT2D eigenvalue weighted by Crippen LogP contribution is -2.14. The standard InChI is InChI=1S/C17H13ClF3N5O2S/c1-3-29(27,28)15-10-5-4-6-11(18)13(10)24-26(15)16-23-12-7-9(17(19,20)21)8-22-14(12)25(16)2/h4-8H,3H2,1-2H3. The number of rotatable bonds is 3. The van der Waals surface area contributed by atoms with Gasteiger partial charge in [-0.25, -0.2) is 18.4 Å². The highest BCUT2D eigenvalue weighted by molar-refractivity contribution is 7.91.